The summed E-state index contributed by atoms with van der Waals surface area (Å²) in [6, 6.07) is 1.39. The van der Waals surface area contributed by atoms with Crippen molar-refractivity contribution in [3.63, 3.8) is 0 Å². The molecular formula is C11H8ClF3N4. The van der Waals surface area contributed by atoms with Gasteiger partial charge in [0.25, 0.3) is 0 Å². The Balaban J connectivity index is 1.99. The van der Waals surface area contributed by atoms with Crippen LogP contribution in [0.15, 0.2) is 18.5 Å². The molecule has 4 nitrogen and oxygen atoms in total. The first-order chi connectivity index (χ1) is 8.93. The highest BCUT2D eigenvalue weighted by atomic mass is 35.5. The number of rotatable bonds is 2. The first kappa shape index (κ1) is 12.4. The lowest BCUT2D eigenvalue weighted by Gasteiger charge is -2.04. The Morgan fingerprint density at radius 1 is 1.26 bits per heavy atom. The van der Waals surface area contributed by atoms with Crippen molar-refractivity contribution in [2.45, 2.75) is 24.9 Å². The molecule has 0 aromatic carbocycles. The lowest BCUT2D eigenvalue weighted by molar-refractivity contribution is -0.137. The van der Waals surface area contributed by atoms with Gasteiger partial charge in [-0.1, -0.05) is 11.6 Å². The third kappa shape index (κ3) is 2.56. The zero-order valence-corrected chi connectivity index (χ0v) is 10.3. The summed E-state index contributed by atoms with van der Waals surface area (Å²) in [5, 5.41) is 3.87. The van der Waals surface area contributed by atoms with E-state index in [-0.39, 0.29) is 16.9 Å². The average molecular weight is 289 g/mol. The molecule has 8 heteroatoms. The molecular weight excluding hydrogens is 281 g/mol. The molecule has 100 valence electrons. The average Bonchev–Trinajstić information content (AvgIpc) is 3.03. The quantitative estimate of drug-likeness (QED) is 0.797. The summed E-state index contributed by atoms with van der Waals surface area (Å²) in [5.41, 5.74) is -0.824. The third-order valence-corrected chi connectivity index (χ3v) is 2.98. The topological polar surface area (TPSA) is 43.6 Å². The predicted molar refractivity (Wildman–Crippen MR) is 61.1 cm³/mol. The van der Waals surface area contributed by atoms with Gasteiger partial charge in [0.2, 0.25) is 0 Å². The van der Waals surface area contributed by atoms with E-state index >= 15 is 0 Å². The highest BCUT2D eigenvalue weighted by Crippen LogP contribution is 2.38. The van der Waals surface area contributed by atoms with Gasteiger partial charge < -0.3 is 0 Å². The standard InChI is InChI=1S/C11H8ClF3N4/c12-8-3-9(18-10(17-8)6-1-2-6)19-5-7(4-16-19)11(13,14)15/h3-6H,1-2H2. The van der Waals surface area contributed by atoms with E-state index in [4.69, 9.17) is 11.6 Å². The molecule has 0 unspecified atom stereocenters. The van der Waals surface area contributed by atoms with Gasteiger partial charge in [0.05, 0.1) is 11.8 Å². The second kappa shape index (κ2) is 4.19. The summed E-state index contributed by atoms with van der Waals surface area (Å²) < 4.78 is 38.6. The molecule has 0 atom stereocenters. The number of hydrogen-bond acceptors (Lipinski definition) is 3. The van der Waals surface area contributed by atoms with Gasteiger partial charge in [-0.25, -0.2) is 14.6 Å². The Hall–Kier alpha value is -1.63. The summed E-state index contributed by atoms with van der Waals surface area (Å²) in [5.74, 6) is 1.07. The summed E-state index contributed by atoms with van der Waals surface area (Å²) >= 11 is 5.85. The van der Waals surface area contributed by atoms with Crippen LogP contribution in [0.3, 0.4) is 0 Å². The Morgan fingerprint density at radius 3 is 2.58 bits per heavy atom. The van der Waals surface area contributed by atoms with Crippen molar-refractivity contribution in [1.29, 1.82) is 0 Å². The Labute approximate surface area is 111 Å². The van der Waals surface area contributed by atoms with Crippen LogP contribution in [0.25, 0.3) is 5.82 Å². The van der Waals surface area contributed by atoms with Crippen LogP contribution in [0.4, 0.5) is 13.2 Å². The molecule has 2 aromatic rings. The number of halogens is 4. The van der Waals surface area contributed by atoms with E-state index in [0.29, 0.717) is 5.82 Å². The fraction of sp³-hybridized carbons (Fsp3) is 0.364. The number of hydrogen-bond donors (Lipinski definition) is 0. The van der Waals surface area contributed by atoms with Gasteiger partial charge in [-0.15, -0.1) is 0 Å². The molecule has 19 heavy (non-hydrogen) atoms. The van der Waals surface area contributed by atoms with E-state index < -0.39 is 11.7 Å². The Kier molecular flexibility index (Phi) is 2.74. The second-order valence-electron chi connectivity index (χ2n) is 4.35. The van der Waals surface area contributed by atoms with Crippen LogP contribution in [0, 0.1) is 0 Å². The van der Waals surface area contributed by atoms with E-state index in [9.17, 15) is 13.2 Å². The van der Waals surface area contributed by atoms with E-state index in [1.807, 2.05) is 0 Å². The third-order valence-electron chi connectivity index (χ3n) is 2.79. The minimum absolute atomic E-state index is 0.205. The van der Waals surface area contributed by atoms with Gasteiger partial charge in [0, 0.05) is 18.2 Å². The first-order valence-electron chi connectivity index (χ1n) is 5.60. The van der Waals surface area contributed by atoms with Crippen molar-refractivity contribution in [2.24, 2.45) is 0 Å². The normalized spacial score (nSPS) is 15.8. The van der Waals surface area contributed by atoms with Crippen LogP contribution in [-0.4, -0.2) is 19.7 Å². The van der Waals surface area contributed by atoms with Gasteiger partial charge in [0.1, 0.15) is 11.0 Å². The van der Waals surface area contributed by atoms with Crippen molar-refractivity contribution in [3.8, 4) is 5.82 Å². The lowest BCUT2D eigenvalue weighted by atomic mass is 10.3. The number of aromatic nitrogens is 4. The molecule has 1 fully saturated rings. The maximum Gasteiger partial charge on any atom is 0.419 e. The molecule has 0 aliphatic heterocycles. The minimum atomic E-state index is -4.42. The monoisotopic (exact) mass is 288 g/mol. The summed E-state index contributed by atoms with van der Waals surface area (Å²) in [6.07, 6.45) is -0.823. The zero-order chi connectivity index (χ0) is 13.6. The SMILES string of the molecule is FC(F)(F)c1cnn(-c2cc(Cl)nc(C3CC3)n2)c1. The maximum absolute atomic E-state index is 12.5. The van der Waals surface area contributed by atoms with Crippen LogP contribution in [0.2, 0.25) is 5.15 Å². The van der Waals surface area contributed by atoms with Crippen LogP contribution < -0.4 is 0 Å². The van der Waals surface area contributed by atoms with Gasteiger partial charge in [0.15, 0.2) is 5.82 Å². The molecule has 2 heterocycles. The zero-order valence-electron chi connectivity index (χ0n) is 9.52. The molecule has 3 rings (SSSR count). The van der Waals surface area contributed by atoms with E-state index in [1.54, 1.807) is 0 Å². The van der Waals surface area contributed by atoms with Crippen molar-refractivity contribution in [1.82, 2.24) is 19.7 Å². The highest BCUT2D eigenvalue weighted by Gasteiger charge is 2.32. The molecule has 0 radical (unpaired) electrons. The van der Waals surface area contributed by atoms with Gasteiger partial charge >= 0.3 is 6.18 Å². The summed E-state index contributed by atoms with van der Waals surface area (Å²) in [6.45, 7) is 0. The molecule has 1 aliphatic rings. The summed E-state index contributed by atoms with van der Waals surface area (Å²) in [7, 11) is 0. The van der Waals surface area contributed by atoms with Crippen LogP contribution in [0.5, 0.6) is 0 Å². The smallest absolute Gasteiger partial charge is 0.222 e. The van der Waals surface area contributed by atoms with E-state index in [1.165, 1.54) is 6.07 Å². The van der Waals surface area contributed by atoms with Crippen LogP contribution >= 0.6 is 11.6 Å². The molecule has 0 spiro atoms. The van der Waals surface area contributed by atoms with Crippen LogP contribution in [-0.2, 0) is 6.18 Å². The van der Waals surface area contributed by atoms with E-state index in [0.717, 1.165) is 29.9 Å². The van der Waals surface area contributed by atoms with Crippen LogP contribution in [0.1, 0.15) is 30.1 Å². The van der Waals surface area contributed by atoms with Crippen molar-refractivity contribution >= 4 is 11.6 Å². The van der Waals surface area contributed by atoms with Crippen molar-refractivity contribution in [3.05, 3.63) is 35.0 Å². The summed E-state index contributed by atoms with van der Waals surface area (Å²) in [4.78, 5) is 8.27. The fourth-order valence-electron chi connectivity index (χ4n) is 1.66. The van der Waals surface area contributed by atoms with Gasteiger partial charge in [-0.2, -0.15) is 18.3 Å². The second-order valence-corrected chi connectivity index (χ2v) is 4.74. The fourth-order valence-corrected chi connectivity index (χ4v) is 1.84. The van der Waals surface area contributed by atoms with Gasteiger partial charge in [-0.05, 0) is 12.8 Å². The highest BCUT2D eigenvalue weighted by molar-refractivity contribution is 6.29. The molecule has 0 N–H and O–H groups in total. The molecule has 2 aromatic heterocycles. The lowest BCUT2D eigenvalue weighted by Crippen LogP contribution is -2.04. The first-order valence-corrected chi connectivity index (χ1v) is 5.98. The van der Waals surface area contributed by atoms with Crippen molar-refractivity contribution < 1.29 is 13.2 Å². The Morgan fingerprint density at radius 2 is 2.00 bits per heavy atom. The molecule has 0 saturated heterocycles. The van der Waals surface area contributed by atoms with Gasteiger partial charge in [-0.3, -0.25) is 0 Å². The number of nitrogens with zero attached hydrogens (tertiary/aromatic N) is 4. The van der Waals surface area contributed by atoms with E-state index in [2.05, 4.69) is 15.1 Å². The number of alkyl halides is 3. The molecule has 0 bridgehead atoms. The Bertz CT molecular complexity index is 619. The minimum Gasteiger partial charge on any atom is -0.222 e. The van der Waals surface area contributed by atoms with Crippen molar-refractivity contribution in [2.75, 3.05) is 0 Å². The largest absolute Gasteiger partial charge is 0.419 e. The molecule has 0 amide bonds. The predicted octanol–water partition coefficient (Wildman–Crippen LogP) is 3.21. The maximum atomic E-state index is 12.5. The molecule has 1 aliphatic carbocycles. The molecule has 1 saturated carbocycles.